The van der Waals surface area contributed by atoms with Crippen LogP contribution in [0.3, 0.4) is 0 Å². The molecule has 24 heavy (non-hydrogen) atoms. The summed E-state index contributed by atoms with van der Waals surface area (Å²) in [6, 6.07) is 15.0. The zero-order valence-electron chi connectivity index (χ0n) is 12.7. The molecule has 0 atom stereocenters. The van der Waals surface area contributed by atoms with E-state index in [1.165, 1.54) is 11.3 Å². The van der Waals surface area contributed by atoms with Gasteiger partial charge in [0.25, 0.3) is 5.91 Å². The summed E-state index contributed by atoms with van der Waals surface area (Å²) in [7, 11) is 0. The molecule has 4 aromatic rings. The maximum Gasteiger partial charge on any atom is 0.258 e. The molecule has 0 saturated heterocycles. The molecule has 0 radical (unpaired) electrons. The first-order valence-corrected chi connectivity index (χ1v) is 8.54. The molecule has 0 bridgehead atoms. The summed E-state index contributed by atoms with van der Waals surface area (Å²) < 4.78 is 1.04. The van der Waals surface area contributed by atoms with Crippen molar-refractivity contribution in [2.24, 2.45) is 0 Å². The number of hydrogen-bond acceptors (Lipinski definition) is 4. The van der Waals surface area contributed by atoms with Gasteiger partial charge in [-0.3, -0.25) is 10.1 Å². The second kappa shape index (κ2) is 5.85. The lowest BCUT2D eigenvalue weighted by Gasteiger charge is -2.06. The molecule has 6 heteroatoms. The highest BCUT2D eigenvalue weighted by molar-refractivity contribution is 7.22. The predicted molar refractivity (Wildman–Crippen MR) is 99.1 cm³/mol. The van der Waals surface area contributed by atoms with Crippen LogP contribution in [0.25, 0.3) is 21.1 Å². The van der Waals surface area contributed by atoms with E-state index < -0.39 is 0 Å². The van der Waals surface area contributed by atoms with Gasteiger partial charge < -0.3 is 0 Å². The average molecular weight is 354 g/mol. The lowest BCUT2D eigenvalue weighted by atomic mass is 10.1. The molecule has 0 saturated carbocycles. The first-order valence-electron chi connectivity index (χ1n) is 7.34. The number of amides is 1. The maximum atomic E-state index is 12.7. The van der Waals surface area contributed by atoms with Crippen LogP contribution in [0.2, 0.25) is 5.15 Å². The number of rotatable bonds is 2. The predicted octanol–water partition coefficient (Wildman–Crippen LogP) is 5.06. The number of fused-ring (bicyclic) bond motifs is 2. The minimum absolute atomic E-state index is 0.243. The Balaban J connectivity index is 1.75. The van der Waals surface area contributed by atoms with E-state index in [1.54, 1.807) is 6.07 Å². The van der Waals surface area contributed by atoms with Crippen LogP contribution in [0.5, 0.6) is 0 Å². The Bertz CT molecular complexity index is 1090. The van der Waals surface area contributed by atoms with Crippen molar-refractivity contribution in [3.63, 3.8) is 0 Å². The smallest absolute Gasteiger partial charge is 0.258 e. The number of aryl methyl sites for hydroxylation is 1. The fourth-order valence-corrected chi connectivity index (χ4v) is 3.77. The van der Waals surface area contributed by atoms with Gasteiger partial charge in [-0.1, -0.05) is 53.3 Å². The Hall–Kier alpha value is -2.50. The van der Waals surface area contributed by atoms with Crippen LogP contribution in [0.1, 0.15) is 15.9 Å². The number of carbonyl (C=O) groups excluding carboxylic acids is 1. The number of halogens is 1. The van der Waals surface area contributed by atoms with Crippen LogP contribution >= 0.6 is 22.9 Å². The summed E-state index contributed by atoms with van der Waals surface area (Å²) >= 11 is 7.50. The summed E-state index contributed by atoms with van der Waals surface area (Å²) in [6.45, 7) is 2.00. The van der Waals surface area contributed by atoms with Crippen molar-refractivity contribution in [2.75, 3.05) is 5.32 Å². The van der Waals surface area contributed by atoms with Gasteiger partial charge in [0.15, 0.2) is 5.13 Å². The molecular weight excluding hydrogens is 342 g/mol. The first kappa shape index (κ1) is 15.1. The van der Waals surface area contributed by atoms with Gasteiger partial charge in [0, 0.05) is 5.39 Å². The fraction of sp³-hybridized carbons (Fsp3) is 0.0556. The third kappa shape index (κ3) is 2.62. The second-order valence-corrected chi connectivity index (χ2v) is 6.82. The third-order valence-electron chi connectivity index (χ3n) is 3.77. The number of para-hydroxylation sites is 2. The Morgan fingerprint density at radius 3 is 2.79 bits per heavy atom. The molecule has 0 aliphatic heterocycles. The van der Waals surface area contributed by atoms with Crippen LogP contribution in [-0.4, -0.2) is 15.9 Å². The quantitative estimate of drug-likeness (QED) is 0.512. The number of hydrogen-bond donors (Lipinski definition) is 1. The van der Waals surface area contributed by atoms with E-state index in [-0.39, 0.29) is 5.91 Å². The molecule has 2 aromatic heterocycles. The van der Waals surface area contributed by atoms with Gasteiger partial charge in [-0.2, -0.15) is 0 Å². The molecule has 118 valence electrons. The summed E-state index contributed by atoms with van der Waals surface area (Å²) in [6.07, 6.45) is 0. The molecule has 2 aromatic carbocycles. The molecular formula is C18H12ClN3OS. The van der Waals surface area contributed by atoms with Crippen LogP contribution in [0, 0.1) is 6.92 Å². The Morgan fingerprint density at radius 2 is 1.96 bits per heavy atom. The van der Waals surface area contributed by atoms with Crippen molar-refractivity contribution in [1.29, 1.82) is 0 Å². The monoisotopic (exact) mass is 353 g/mol. The van der Waals surface area contributed by atoms with Crippen LogP contribution in [0.15, 0.2) is 48.5 Å². The summed E-state index contributed by atoms with van der Waals surface area (Å²) in [5, 5.41) is 4.50. The number of nitrogens with zero attached hydrogens (tertiary/aromatic N) is 2. The largest absolute Gasteiger partial charge is 0.298 e. The van der Waals surface area contributed by atoms with E-state index >= 15 is 0 Å². The Morgan fingerprint density at radius 1 is 1.12 bits per heavy atom. The highest BCUT2D eigenvalue weighted by Crippen LogP contribution is 2.29. The number of carbonyl (C=O) groups is 1. The molecule has 0 aliphatic rings. The number of anilines is 1. The van der Waals surface area contributed by atoms with Crippen molar-refractivity contribution in [3.05, 3.63) is 64.8 Å². The molecule has 1 amide bonds. The highest BCUT2D eigenvalue weighted by Gasteiger charge is 2.15. The van der Waals surface area contributed by atoms with Gasteiger partial charge in [-0.15, -0.1) is 0 Å². The fourth-order valence-electron chi connectivity index (χ4n) is 2.64. The van der Waals surface area contributed by atoms with Crippen LogP contribution < -0.4 is 5.32 Å². The third-order valence-corrected chi connectivity index (χ3v) is 4.90. The van der Waals surface area contributed by atoms with Crippen molar-refractivity contribution in [1.82, 2.24) is 9.97 Å². The van der Waals surface area contributed by atoms with E-state index in [4.69, 9.17) is 11.6 Å². The van der Waals surface area contributed by atoms with E-state index in [1.807, 2.05) is 49.4 Å². The zero-order valence-corrected chi connectivity index (χ0v) is 14.3. The van der Waals surface area contributed by atoms with Gasteiger partial charge in [0.2, 0.25) is 0 Å². The molecule has 4 rings (SSSR count). The standard InChI is InChI=1S/C18H12ClN3OS/c1-10-5-4-8-14-16(10)21-18(24-14)22-17(23)12-9-15(19)20-13-7-3-2-6-11(12)13/h2-9H,1H3,(H,21,22,23). The Kier molecular flexibility index (Phi) is 3.67. The van der Waals surface area contributed by atoms with Gasteiger partial charge in [-0.05, 0) is 30.7 Å². The number of nitrogens with one attached hydrogen (secondary N) is 1. The topological polar surface area (TPSA) is 54.9 Å². The van der Waals surface area contributed by atoms with Crippen molar-refractivity contribution >= 4 is 55.1 Å². The SMILES string of the molecule is Cc1cccc2sc(NC(=O)c3cc(Cl)nc4ccccc34)nc12. The second-order valence-electron chi connectivity index (χ2n) is 5.40. The number of aromatic nitrogens is 2. The van der Waals surface area contributed by atoms with E-state index in [0.29, 0.717) is 21.4 Å². The number of benzene rings is 2. The summed E-state index contributed by atoms with van der Waals surface area (Å²) in [5.41, 5.74) is 3.17. The van der Waals surface area contributed by atoms with E-state index in [9.17, 15) is 4.79 Å². The Labute approximate surface area is 147 Å². The molecule has 1 N–H and O–H groups in total. The van der Waals surface area contributed by atoms with Crippen molar-refractivity contribution in [3.8, 4) is 0 Å². The lowest BCUT2D eigenvalue weighted by molar-refractivity contribution is 0.102. The zero-order chi connectivity index (χ0) is 16.7. The van der Waals surface area contributed by atoms with E-state index in [2.05, 4.69) is 15.3 Å². The highest BCUT2D eigenvalue weighted by atomic mass is 35.5. The molecule has 0 unspecified atom stereocenters. The van der Waals surface area contributed by atoms with Crippen molar-refractivity contribution < 1.29 is 4.79 Å². The average Bonchev–Trinajstić information content (AvgIpc) is 2.98. The first-order chi connectivity index (χ1) is 11.6. The molecule has 2 heterocycles. The van der Waals surface area contributed by atoms with Crippen molar-refractivity contribution in [2.45, 2.75) is 6.92 Å². The summed E-state index contributed by atoms with van der Waals surface area (Å²) in [4.78, 5) is 21.5. The molecule has 0 spiro atoms. The van der Waals surface area contributed by atoms with Crippen LogP contribution in [0.4, 0.5) is 5.13 Å². The van der Waals surface area contributed by atoms with Gasteiger partial charge in [-0.25, -0.2) is 9.97 Å². The molecule has 4 nitrogen and oxygen atoms in total. The summed E-state index contributed by atoms with van der Waals surface area (Å²) in [5.74, 6) is -0.243. The molecule has 0 aliphatic carbocycles. The normalized spacial score (nSPS) is 11.1. The van der Waals surface area contributed by atoms with Gasteiger partial charge >= 0.3 is 0 Å². The minimum Gasteiger partial charge on any atom is -0.298 e. The van der Waals surface area contributed by atoms with Gasteiger partial charge in [0.1, 0.15) is 5.15 Å². The number of thiazole rings is 1. The number of pyridine rings is 1. The van der Waals surface area contributed by atoms with Gasteiger partial charge in [0.05, 0.1) is 21.3 Å². The molecule has 0 fully saturated rings. The maximum absolute atomic E-state index is 12.7. The minimum atomic E-state index is -0.243. The van der Waals surface area contributed by atoms with Crippen LogP contribution in [-0.2, 0) is 0 Å². The van der Waals surface area contributed by atoms with E-state index in [0.717, 1.165) is 21.2 Å². The lowest BCUT2D eigenvalue weighted by Crippen LogP contribution is -2.12.